The first-order valence-corrected chi connectivity index (χ1v) is 12.6. The molecule has 0 bridgehead atoms. The lowest BCUT2D eigenvalue weighted by molar-refractivity contribution is 0.0526. The lowest BCUT2D eigenvalue weighted by atomic mass is 9.92. The summed E-state index contributed by atoms with van der Waals surface area (Å²) in [4.78, 5) is 14.1. The Hall–Kier alpha value is -3.78. The summed E-state index contributed by atoms with van der Waals surface area (Å²) in [6, 6.07) is 18.9. The maximum atomic E-state index is 12.0. The average Bonchev–Trinajstić information content (AvgIpc) is 2.92. The van der Waals surface area contributed by atoms with Gasteiger partial charge in [-0.3, -0.25) is 0 Å². The van der Waals surface area contributed by atoms with Crippen LogP contribution in [0.3, 0.4) is 0 Å². The molecule has 1 aliphatic rings. The molecule has 0 amide bonds. The Bertz CT molecular complexity index is 1260. The van der Waals surface area contributed by atoms with Crippen molar-refractivity contribution in [1.29, 1.82) is 0 Å². The van der Waals surface area contributed by atoms with Crippen molar-refractivity contribution in [3.63, 3.8) is 0 Å². The van der Waals surface area contributed by atoms with Crippen LogP contribution in [0.5, 0.6) is 17.2 Å². The Morgan fingerprint density at radius 2 is 1.76 bits per heavy atom. The monoisotopic (exact) mass is 520 g/mol. The number of anilines is 1. The zero-order valence-corrected chi connectivity index (χ0v) is 22.4. The lowest BCUT2D eigenvalue weighted by Crippen LogP contribution is -2.44. The summed E-state index contributed by atoms with van der Waals surface area (Å²) in [5.74, 6) is 1.66. The van der Waals surface area contributed by atoms with E-state index in [1.54, 1.807) is 45.4 Å². The van der Waals surface area contributed by atoms with E-state index < -0.39 is 0 Å². The van der Waals surface area contributed by atoms with E-state index in [9.17, 15) is 4.79 Å². The molecular formula is C29H32N2O5S. The van der Waals surface area contributed by atoms with Crippen LogP contribution in [0.1, 0.15) is 40.0 Å². The molecule has 1 aliphatic heterocycles. The topological polar surface area (TPSA) is 69.3 Å². The number of esters is 1. The molecule has 1 atom stereocenters. The van der Waals surface area contributed by atoms with Crippen molar-refractivity contribution in [3.05, 3.63) is 82.9 Å². The van der Waals surface area contributed by atoms with Crippen molar-refractivity contribution in [2.75, 3.05) is 39.3 Å². The standard InChI is InChI=1S/C29H32N2O5S/c1-5-35-28(32)20-10-12-22(13-11-20)36-18-25-23-17-27(34-4)26(33-3)16-21(23)14-15-31(25)29(37)30-24-9-7-6-8-19(24)2/h6-13,16-17,25H,5,14-15,18H2,1-4H3,(H,30,37)/t25-/m1/s1. The Labute approximate surface area is 223 Å². The minimum absolute atomic E-state index is 0.169. The highest BCUT2D eigenvalue weighted by molar-refractivity contribution is 7.80. The maximum Gasteiger partial charge on any atom is 0.338 e. The fourth-order valence-corrected chi connectivity index (χ4v) is 4.76. The Balaban J connectivity index is 1.61. The molecule has 0 aliphatic carbocycles. The van der Waals surface area contributed by atoms with Crippen molar-refractivity contribution in [3.8, 4) is 17.2 Å². The number of ether oxygens (including phenoxy) is 4. The molecule has 37 heavy (non-hydrogen) atoms. The van der Waals surface area contributed by atoms with Crippen LogP contribution in [0.4, 0.5) is 5.69 Å². The molecule has 8 heteroatoms. The van der Waals surface area contributed by atoms with E-state index in [0.29, 0.717) is 41.1 Å². The van der Waals surface area contributed by atoms with Gasteiger partial charge in [-0.25, -0.2) is 4.79 Å². The molecule has 1 N–H and O–H groups in total. The van der Waals surface area contributed by atoms with Gasteiger partial charge < -0.3 is 29.2 Å². The number of nitrogens with one attached hydrogen (secondary N) is 1. The summed E-state index contributed by atoms with van der Waals surface area (Å²) in [7, 11) is 3.27. The minimum atomic E-state index is -0.352. The molecule has 0 spiro atoms. The van der Waals surface area contributed by atoms with Crippen LogP contribution in [-0.4, -0.2) is 50.0 Å². The SMILES string of the molecule is CCOC(=O)c1ccc(OC[C@@H]2c3cc(OC)c(OC)cc3CCN2C(=S)Nc2ccccc2C)cc1. The molecule has 0 saturated heterocycles. The fraction of sp³-hybridized carbons (Fsp3) is 0.310. The van der Waals surface area contributed by atoms with Gasteiger partial charge in [0, 0.05) is 12.2 Å². The highest BCUT2D eigenvalue weighted by Gasteiger charge is 2.31. The van der Waals surface area contributed by atoms with Gasteiger partial charge in [-0.05, 0) is 91.6 Å². The van der Waals surface area contributed by atoms with Gasteiger partial charge in [0.05, 0.1) is 32.4 Å². The number of para-hydroxylation sites is 1. The number of rotatable bonds is 8. The van der Waals surface area contributed by atoms with Crippen molar-refractivity contribution < 1.29 is 23.7 Å². The molecule has 0 saturated carbocycles. The molecule has 3 aromatic carbocycles. The molecule has 0 aromatic heterocycles. The summed E-state index contributed by atoms with van der Waals surface area (Å²) in [6.07, 6.45) is 0.802. The minimum Gasteiger partial charge on any atom is -0.493 e. The molecule has 4 rings (SSSR count). The van der Waals surface area contributed by atoms with Gasteiger partial charge in [0.2, 0.25) is 0 Å². The zero-order chi connectivity index (χ0) is 26.4. The van der Waals surface area contributed by atoms with E-state index in [4.69, 9.17) is 31.2 Å². The third-order valence-electron chi connectivity index (χ3n) is 6.42. The number of hydrogen-bond acceptors (Lipinski definition) is 6. The molecule has 0 fully saturated rings. The maximum absolute atomic E-state index is 12.0. The number of methoxy groups -OCH3 is 2. The summed E-state index contributed by atoms with van der Waals surface area (Å²) in [5.41, 5.74) is 4.81. The van der Waals surface area contributed by atoms with Gasteiger partial charge >= 0.3 is 5.97 Å². The van der Waals surface area contributed by atoms with Crippen molar-refractivity contribution in [1.82, 2.24) is 4.90 Å². The number of hydrogen-bond donors (Lipinski definition) is 1. The van der Waals surface area contributed by atoms with Crippen molar-refractivity contribution in [2.45, 2.75) is 26.3 Å². The van der Waals surface area contributed by atoms with Gasteiger partial charge in [0.15, 0.2) is 16.6 Å². The van der Waals surface area contributed by atoms with Crippen LogP contribution >= 0.6 is 12.2 Å². The van der Waals surface area contributed by atoms with Crippen LogP contribution < -0.4 is 19.5 Å². The fourth-order valence-electron chi connectivity index (χ4n) is 4.43. The van der Waals surface area contributed by atoms with E-state index in [-0.39, 0.29) is 12.0 Å². The Morgan fingerprint density at radius 3 is 2.43 bits per heavy atom. The normalized spacial score (nSPS) is 14.4. The summed E-state index contributed by atoms with van der Waals surface area (Å²) in [5, 5.41) is 4.04. The molecule has 1 heterocycles. The Morgan fingerprint density at radius 1 is 1.05 bits per heavy atom. The first kappa shape index (κ1) is 26.3. The zero-order valence-electron chi connectivity index (χ0n) is 21.6. The highest BCUT2D eigenvalue weighted by atomic mass is 32.1. The van der Waals surface area contributed by atoms with Crippen LogP contribution in [0, 0.1) is 6.92 Å². The van der Waals surface area contributed by atoms with E-state index >= 15 is 0 Å². The molecule has 194 valence electrons. The first-order chi connectivity index (χ1) is 17.9. The van der Waals surface area contributed by atoms with Gasteiger partial charge in [0.1, 0.15) is 12.4 Å². The number of benzene rings is 3. The molecule has 7 nitrogen and oxygen atoms in total. The molecular weight excluding hydrogens is 488 g/mol. The van der Waals surface area contributed by atoms with Crippen LogP contribution in [-0.2, 0) is 11.2 Å². The van der Waals surface area contributed by atoms with Gasteiger partial charge in [0.25, 0.3) is 0 Å². The molecule has 3 aromatic rings. The van der Waals surface area contributed by atoms with E-state index in [0.717, 1.165) is 29.8 Å². The second-order valence-corrected chi connectivity index (χ2v) is 9.05. The predicted molar refractivity (Wildman–Crippen MR) is 148 cm³/mol. The third-order valence-corrected chi connectivity index (χ3v) is 6.76. The summed E-state index contributed by atoms with van der Waals surface area (Å²) in [6.45, 7) is 5.23. The number of carbonyl (C=O) groups is 1. The number of fused-ring (bicyclic) bond motifs is 1. The van der Waals surface area contributed by atoms with Crippen LogP contribution in [0.2, 0.25) is 0 Å². The van der Waals surface area contributed by atoms with Gasteiger partial charge in [-0.2, -0.15) is 0 Å². The Kier molecular flexibility index (Phi) is 8.50. The molecule has 0 unspecified atom stereocenters. The van der Waals surface area contributed by atoms with Crippen molar-refractivity contribution in [2.24, 2.45) is 0 Å². The van der Waals surface area contributed by atoms with Crippen LogP contribution in [0.15, 0.2) is 60.7 Å². The van der Waals surface area contributed by atoms with Gasteiger partial charge in [-0.15, -0.1) is 0 Å². The van der Waals surface area contributed by atoms with Crippen LogP contribution in [0.25, 0.3) is 0 Å². The second kappa shape index (κ2) is 12.0. The number of aryl methyl sites for hydroxylation is 1. The first-order valence-electron chi connectivity index (χ1n) is 12.2. The predicted octanol–water partition coefficient (Wildman–Crippen LogP) is 5.56. The smallest absolute Gasteiger partial charge is 0.338 e. The highest BCUT2D eigenvalue weighted by Crippen LogP contribution is 2.38. The summed E-state index contributed by atoms with van der Waals surface area (Å²) >= 11 is 5.89. The average molecular weight is 521 g/mol. The quantitative estimate of drug-likeness (QED) is 0.306. The third kappa shape index (κ3) is 5.97. The number of carbonyl (C=O) groups excluding carboxylic acids is 1. The largest absolute Gasteiger partial charge is 0.493 e. The van der Waals surface area contributed by atoms with Crippen molar-refractivity contribution >= 4 is 29.0 Å². The molecule has 0 radical (unpaired) electrons. The van der Waals surface area contributed by atoms with Gasteiger partial charge in [-0.1, -0.05) is 18.2 Å². The second-order valence-electron chi connectivity index (χ2n) is 8.67. The van der Waals surface area contributed by atoms with E-state index in [2.05, 4.69) is 10.2 Å². The summed E-state index contributed by atoms with van der Waals surface area (Å²) < 4.78 is 22.4. The number of thiocarbonyl (C=S) groups is 1. The lowest BCUT2D eigenvalue weighted by Gasteiger charge is -2.39. The number of nitrogens with zero attached hydrogens (tertiary/aromatic N) is 1. The van der Waals surface area contributed by atoms with E-state index in [1.807, 2.05) is 43.3 Å². The van der Waals surface area contributed by atoms with E-state index in [1.165, 1.54) is 5.56 Å².